The number of benzene rings is 1. The molecule has 8 nitrogen and oxygen atoms in total. The topological polar surface area (TPSA) is 94.5 Å². The van der Waals surface area contributed by atoms with Gasteiger partial charge in [-0.15, -0.1) is 0 Å². The van der Waals surface area contributed by atoms with Crippen LogP contribution in [0.1, 0.15) is 113 Å². The van der Waals surface area contributed by atoms with Crippen LogP contribution in [0.15, 0.2) is 39.4 Å². The summed E-state index contributed by atoms with van der Waals surface area (Å²) >= 11 is 0. The summed E-state index contributed by atoms with van der Waals surface area (Å²) in [6.07, 6.45) is 15.6. The summed E-state index contributed by atoms with van der Waals surface area (Å²) in [6, 6.07) is 8.32. The van der Waals surface area contributed by atoms with Crippen LogP contribution in [0.3, 0.4) is 0 Å². The van der Waals surface area contributed by atoms with Crippen LogP contribution in [0.25, 0.3) is 11.3 Å². The number of hydrogen-bond acceptors (Lipinski definition) is 7. The van der Waals surface area contributed by atoms with Crippen molar-refractivity contribution < 1.29 is 18.5 Å². The van der Waals surface area contributed by atoms with Crippen LogP contribution in [-0.2, 0) is 14.9 Å². The lowest BCUT2D eigenvalue weighted by Gasteiger charge is -2.53. The fraction of sp³-hybridized carbons (Fsp3) is 0.636. The molecule has 2 bridgehead atoms. The third kappa shape index (κ3) is 5.02. The summed E-state index contributed by atoms with van der Waals surface area (Å²) in [5.74, 6) is 4.88. The van der Waals surface area contributed by atoms with Crippen LogP contribution in [0, 0.1) is 11.3 Å². The summed E-state index contributed by atoms with van der Waals surface area (Å²) in [5.41, 5.74) is 2.06. The van der Waals surface area contributed by atoms with Crippen molar-refractivity contribution in [2.24, 2.45) is 11.3 Å². The summed E-state index contributed by atoms with van der Waals surface area (Å²) in [5, 5.41) is 4.33. The Morgan fingerprint density at radius 2 is 1.80 bits per heavy atom. The zero-order valence-corrected chi connectivity index (χ0v) is 23.9. The second kappa shape index (κ2) is 10.1. The van der Waals surface area contributed by atoms with E-state index in [0.29, 0.717) is 30.8 Å². The molecule has 216 valence electrons. The molecule has 1 aliphatic heterocycles. The molecule has 1 saturated heterocycles. The number of anilines is 1. The molecule has 0 N–H and O–H groups in total. The van der Waals surface area contributed by atoms with Gasteiger partial charge in [0.2, 0.25) is 11.8 Å². The van der Waals surface area contributed by atoms with E-state index in [9.17, 15) is 4.79 Å². The van der Waals surface area contributed by atoms with Crippen molar-refractivity contribution in [3.8, 4) is 11.3 Å². The third-order valence-electron chi connectivity index (χ3n) is 10.6. The average molecular weight is 557 g/mol. The molecule has 0 spiro atoms. The number of nitrogens with zero attached hydrogens (tertiary/aromatic N) is 4. The summed E-state index contributed by atoms with van der Waals surface area (Å²) in [7, 11) is 0. The van der Waals surface area contributed by atoms with Crippen molar-refractivity contribution in [3.63, 3.8) is 0 Å². The molecule has 8 heteroatoms. The van der Waals surface area contributed by atoms with E-state index >= 15 is 0 Å². The first-order valence-electron chi connectivity index (χ1n) is 15.9. The summed E-state index contributed by atoms with van der Waals surface area (Å²) in [4.78, 5) is 25.6. The van der Waals surface area contributed by atoms with Gasteiger partial charge >= 0.3 is 0 Å². The van der Waals surface area contributed by atoms with Gasteiger partial charge in [-0.05, 0) is 101 Å². The Morgan fingerprint density at radius 1 is 1.00 bits per heavy atom. The van der Waals surface area contributed by atoms with Crippen LogP contribution in [-0.4, -0.2) is 40.8 Å². The second-order valence-electron chi connectivity index (χ2n) is 13.7. The van der Waals surface area contributed by atoms with Gasteiger partial charge in [0.15, 0.2) is 17.5 Å². The molecule has 1 atom stereocenters. The van der Waals surface area contributed by atoms with Crippen molar-refractivity contribution in [2.75, 3.05) is 24.7 Å². The lowest BCUT2D eigenvalue weighted by Crippen LogP contribution is -2.51. The highest BCUT2D eigenvalue weighted by atomic mass is 16.5. The molecular formula is C33H40N4O4. The van der Waals surface area contributed by atoms with Gasteiger partial charge in [-0.1, -0.05) is 17.3 Å². The number of aromatic nitrogens is 3. The van der Waals surface area contributed by atoms with E-state index in [4.69, 9.17) is 18.7 Å². The number of fused-ring (bicyclic) bond motifs is 3. The van der Waals surface area contributed by atoms with Crippen molar-refractivity contribution >= 4 is 11.6 Å². The van der Waals surface area contributed by atoms with Crippen molar-refractivity contribution in [1.82, 2.24) is 15.1 Å². The molecule has 5 saturated carbocycles. The molecule has 6 aliphatic rings. The van der Waals surface area contributed by atoms with Gasteiger partial charge in [0.05, 0.1) is 6.20 Å². The van der Waals surface area contributed by atoms with E-state index in [1.54, 1.807) is 0 Å². The van der Waals surface area contributed by atoms with E-state index in [2.05, 4.69) is 33.2 Å². The number of amides is 1. The maximum Gasteiger partial charge on any atom is 0.232 e. The first-order valence-corrected chi connectivity index (χ1v) is 15.9. The lowest BCUT2D eigenvalue weighted by atomic mass is 9.53. The van der Waals surface area contributed by atoms with Crippen LogP contribution in [0.5, 0.6) is 0 Å². The minimum atomic E-state index is 0.0155. The minimum absolute atomic E-state index is 0.0155. The molecule has 1 aromatic carbocycles. The van der Waals surface area contributed by atoms with Gasteiger partial charge in [-0.25, -0.2) is 4.98 Å². The number of oxazole rings is 1. The molecule has 41 heavy (non-hydrogen) atoms. The zero-order chi connectivity index (χ0) is 27.4. The number of ether oxygens (including phenoxy) is 1. The van der Waals surface area contributed by atoms with E-state index < -0.39 is 0 Å². The second-order valence-corrected chi connectivity index (χ2v) is 13.7. The smallest absolute Gasteiger partial charge is 0.232 e. The fourth-order valence-corrected chi connectivity index (χ4v) is 7.53. The lowest BCUT2D eigenvalue weighted by molar-refractivity contribution is -0.121. The number of hydrogen-bond donors (Lipinski definition) is 0. The molecule has 3 heterocycles. The zero-order valence-electron chi connectivity index (χ0n) is 23.9. The highest BCUT2D eigenvalue weighted by Gasteiger charge is 2.53. The van der Waals surface area contributed by atoms with Crippen molar-refractivity contribution in [3.05, 3.63) is 48.1 Å². The van der Waals surface area contributed by atoms with Crippen molar-refractivity contribution in [2.45, 2.75) is 101 Å². The Hall–Kier alpha value is -3.00. The van der Waals surface area contributed by atoms with Crippen LogP contribution in [0.2, 0.25) is 0 Å². The van der Waals surface area contributed by atoms with Gasteiger partial charge in [-0.3, -0.25) is 4.79 Å². The number of rotatable bonds is 9. The van der Waals surface area contributed by atoms with E-state index in [0.717, 1.165) is 112 Å². The molecule has 6 fully saturated rings. The number of carbonyl (C=O) groups is 1. The Bertz CT molecular complexity index is 1390. The highest BCUT2D eigenvalue weighted by Crippen LogP contribution is 2.58. The molecule has 1 unspecified atom stereocenters. The van der Waals surface area contributed by atoms with Gasteiger partial charge < -0.3 is 18.6 Å². The van der Waals surface area contributed by atoms with Crippen LogP contribution >= 0.6 is 0 Å². The SMILES string of the molecule is O=C(CC1CCCOC1)N(CC12CCC(c3nc(C4CC4)no3)(CC1)CC2)c1cccc(-c2cnc(C3CC3)o2)c1. The first-order chi connectivity index (χ1) is 20.1. The Kier molecular flexibility index (Phi) is 6.31. The molecule has 2 aromatic heterocycles. The number of carbonyl (C=O) groups excluding carboxylic acids is 1. The Labute approximate surface area is 241 Å². The minimum Gasteiger partial charge on any atom is -0.440 e. The monoisotopic (exact) mass is 556 g/mol. The van der Waals surface area contributed by atoms with Crippen LogP contribution in [0.4, 0.5) is 5.69 Å². The standard InChI is InChI=1S/C33H40N4O4/c38-28(17-22-3-2-16-39-20-22)37(26-5-1-4-25(18-26)27-19-34-30(40-27)24-8-9-24)21-32-10-13-33(14-11-32,15-12-32)31-35-29(36-41-31)23-6-7-23/h1,4-5,18-19,22-24H,2-3,6-17,20-21H2. The molecule has 5 aliphatic carbocycles. The largest absolute Gasteiger partial charge is 0.440 e. The Morgan fingerprint density at radius 3 is 2.54 bits per heavy atom. The maximum absolute atomic E-state index is 14.1. The van der Waals surface area contributed by atoms with E-state index in [1.807, 2.05) is 12.3 Å². The summed E-state index contributed by atoms with van der Waals surface area (Å²) in [6.45, 7) is 2.24. The van der Waals surface area contributed by atoms with Crippen molar-refractivity contribution in [1.29, 1.82) is 0 Å². The maximum atomic E-state index is 14.1. The normalized spacial score (nSPS) is 29.5. The quantitative estimate of drug-likeness (QED) is 0.282. The predicted octanol–water partition coefficient (Wildman–Crippen LogP) is 6.92. The summed E-state index contributed by atoms with van der Waals surface area (Å²) < 4.78 is 17.7. The van der Waals surface area contributed by atoms with Gasteiger partial charge in [0.25, 0.3) is 0 Å². The van der Waals surface area contributed by atoms with E-state index in [-0.39, 0.29) is 16.7 Å². The van der Waals surface area contributed by atoms with Gasteiger partial charge in [0.1, 0.15) is 0 Å². The highest BCUT2D eigenvalue weighted by molar-refractivity contribution is 5.94. The Balaban J connectivity index is 1.04. The molecular weight excluding hydrogens is 516 g/mol. The molecule has 0 radical (unpaired) electrons. The van der Waals surface area contributed by atoms with Crippen LogP contribution < -0.4 is 4.90 Å². The first kappa shape index (κ1) is 25.7. The molecule has 9 rings (SSSR count). The van der Waals surface area contributed by atoms with Gasteiger partial charge in [0, 0.05) is 54.7 Å². The predicted molar refractivity (Wildman–Crippen MR) is 153 cm³/mol. The fourth-order valence-electron chi connectivity index (χ4n) is 7.53. The molecule has 3 aromatic rings. The average Bonchev–Trinajstić information content (AvgIpc) is 3.96. The van der Waals surface area contributed by atoms with E-state index in [1.165, 1.54) is 12.8 Å². The third-order valence-corrected chi connectivity index (χ3v) is 10.6. The van der Waals surface area contributed by atoms with Gasteiger partial charge in [-0.2, -0.15) is 4.98 Å². The molecule has 1 amide bonds.